The average Bonchev–Trinajstić information content (AvgIpc) is 2.88. The topological polar surface area (TPSA) is 46.6 Å². The van der Waals surface area contributed by atoms with Crippen LogP contribution in [0.15, 0.2) is 12.3 Å². The molecule has 0 aliphatic carbocycles. The van der Waals surface area contributed by atoms with E-state index in [4.69, 9.17) is 9.47 Å². The Morgan fingerprint density at radius 1 is 1.30 bits per heavy atom. The van der Waals surface area contributed by atoms with Gasteiger partial charge < -0.3 is 19.7 Å². The highest BCUT2D eigenvalue weighted by Crippen LogP contribution is 2.25. The molecule has 0 amide bonds. The van der Waals surface area contributed by atoms with E-state index in [1.807, 2.05) is 6.20 Å². The highest BCUT2D eigenvalue weighted by atomic mass is 16.5. The van der Waals surface area contributed by atoms with E-state index in [1.54, 1.807) is 14.2 Å². The molecule has 2 unspecified atom stereocenters. The Bertz CT molecular complexity index is 427. The number of ether oxygens (including phenoxy) is 2. The summed E-state index contributed by atoms with van der Waals surface area (Å²) in [6, 6.07) is 2.20. The first-order valence-corrected chi connectivity index (χ1v) is 7.16. The fraction of sp³-hybridized carbons (Fsp3) is 0.667. The van der Waals surface area contributed by atoms with Gasteiger partial charge in [0.25, 0.3) is 0 Å². The van der Waals surface area contributed by atoms with E-state index in [0.717, 1.165) is 32.0 Å². The van der Waals surface area contributed by atoms with Crippen LogP contribution in [0.3, 0.4) is 0 Å². The maximum absolute atomic E-state index is 5.48. The first kappa shape index (κ1) is 15.2. The van der Waals surface area contributed by atoms with Gasteiger partial charge in [0.05, 0.1) is 0 Å². The Labute approximate surface area is 121 Å². The van der Waals surface area contributed by atoms with E-state index in [0.29, 0.717) is 0 Å². The lowest BCUT2D eigenvalue weighted by molar-refractivity contribution is -0.00461. The fourth-order valence-electron chi connectivity index (χ4n) is 2.69. The van der Waals surface area contributed by atoms with Crippen LogP contribution in [-0.2, 0) is 16.0 Å². The zero-order valence-corrected chi connectivity index (χ0v) is 12.8. The summed E-state index contributed by atoms with van der Waals surface area (Å²) in [6.07, 6.45) is 2.18. The molecule has 0 radical (unpaired) electrons. The van der Waals surface area contributed by atoms with Crippen LogP contribution in [0, 0.1) is 6.92 Å². The van der Waals surface area contributed by atoms with Gasteiger partial charge in [0.1, 0.15) is 18.0 Å². The molecule has 112 valence electrons. The number of anilines is 1. The van der Waals surface area contributed by atoms with Gasteiger partial charge in [-0.25, -0.2) is 4.98 Å². The van der Waals surface area contributed by atoms with Crippen molar-refractivity contribution in [1.82, 2.24) is 10.3 Å². The van der Waals surface area contributed by atoms with Crippen molar-refractivity contribution >= 4 is 5.82 Å². The summed E-state index contributed by atoms with van der Waals surface area (Å²) < 4.78 is 11.0. The van der Waals surface area contributed by atoms with E-state index < -0.39 is 0 Å². The Balaban J connectivity index is 2.09. The number of hydrogen-bond acceptors (Lipinski definition) is 5. The Morgan fingerprint density at radius 3 is 2.45 bits per heavy atom. The lowest BCUT2D eigenvalue weighted by Gasteiger charge is -2.19. The van der Waals surface area contributed by atoms with Crippen LogP contribution in [0.4, 0.5) is 5.82 Å². The van der Waals surface area contributed by atoms with Gasteiger partial charge in [-0.15, -0.1) is 0 Å². The third-order valence-corrected chi connectivity index (χ3v) is 3.81. The quantitative estimate of drug-likeness (QED) is 0.852. The molecule has 0 saturated carbocycles. The molecule has 20 heavy (non-hydrogen) atoms. The van der Waals surface area contributed by atoms with Crippen LogP contribution in [0.2, 0.25) is 0 Å². The third-order valence-electron chi connectivity index (χ3n) is 3.81. The molecule has 1 saturated heterocycles. The lowest BCUT2D eigenvalue weighted by atomic mass is 10.2. The predicted molar refractivity (Wildman–Crippen MR) is 80.2 cm³/mol. The summed E-state index contributed by atoms with van der Waals surface area (Å²) in [4.78, 5) is 6.87. The van der Waals surface area contributed by atoms with Crippen LogP contribution in [0.1, 0.15) is 18.1 Å². The summed E-state index contributed by atoms with van der Waals surface area (Å²) in [6.45, 7) is 7.71. The molecule has 1 aliphatic heterocycles. The van der Waals surface area contributed by atoms with Crippen molar-refractivity contribution in [1.29, 1.82) is 0 Å². The highest BCUT2D eigenvalue weighted by molar-refractivity contribution is 5.49. The largest absolute Gasteiger partial charge is 0.377 e. The number of nitrogens with zero attached hydrogens (tertiary/aromatic N) is 2. The van der Waals surface area contributed by atoms with Crippen molar-refractivity contribution in [2.75, 3.05) is 38.8 Å². The molecule has 1 aromatic heterocycles. The third kappa shape index (κ3) is 3.29. The van der Waals surface area contributed by atoms with Crippen LogP contribution in [-0.4, -0.2) is 51.0 Å². The molecule has 1 N–H and O–H groups in total. The average molecular weight is 279 g/mol. The van der Waals surface area contributed by atoms with E-state index in [9.17, 15) is 0 Å². The monoisotopic (exact) mass is 279 g/mol. The minimum absolute atomic E-state index is 0.114. The van der Waals surface area contributed by atoms with Gasteiger partial charge in [-0.2, -0.15) is 0 Å². The molecule has 0 spiro atoms. The number of aryl methyl sites for hydroxylation is 1. The van der Waals surface area contributed by atoms with Gasteiger partial charge in [-0.3, -0.25) is 0 Å². The smallest absolute Gasteiger partial charge is 0.131 e. The molecule has 5 heteroatoms. The molecule has 0 aromatic carbocycles. The summed E-state index contributed by atoms with van der Waals surface area (Å²) in [5.41, 5.74) is 2.42. The SMILES string of the molecule is CCNCc1cnc(N2CC(OC)C(OC)C2)c(C)c1. The maximum Gasteiger partial charge on any atom is 0.131 e. The first-order chi connectivity index (χ1) is 9.69. The molecule has 1 aliphatic rings. The minimum atomic E-state index is 0.114. The van der Waals surface area contributed by atoms with Gasteiger partial charge in [0.2, 0.25) is 0 Å². The number of rotatable bonds is 6. The van der Waals surface area contributed by atoms with Gasteiger partial charge in [-0.1, -0.05) is 6.92 Å². The molecule has 0 bridgehead atoms. The minimum Gasteiger partial charge on any atom is -0.377 e. The molecule has 2 atom stereocenters. The standard InChI is InChI=1S/C15H25N3O2/c1-5-16-7-12-6-11(2)15(17-8-12)18-9-13(19-3)14(10-18)20-4/h6,8,13-14,16H,5,7,9-10H2,1-4H3. The van der Waals surface area contributed by atoms with Crippen LogP contribution < -0.4 is 10.2 Å². The second-order valence-corrected chi connectivity index (χ2v) is 5.22. The number of pyridine rings is 1. The zero-order valence-electron chi connectivity index (χ0n) is 12.8. The van der Waals surface area contributed by atoms with E-state index in [-0.39, 0.29) is 12.2 Å². The molecular weight excluding hydrogens is 254 g/mol. The first-order valence-electron chi connectivity index (χ1n) is 7.16. The number of methoxy groups -OCH3 is 2. The van der Waals surface area contributed by atoms with Gasteiger partial charge in [0.15, 0.2) is 0 Å². The Hall–Kier alpha value is -1.17. The molecular formula is C15H25N3O2. The predicted octanol–water partition coefficient (Wildman–Crippen LogP) is 1.35. The van der Waals surface area contributed by atoms with Gasteiger partial charge >= 0.3 is 0 Å². The lowest BCUT2D eigenvalue weighted by Crippen LogP contribution is -2.27. The summed E-state index contributed by atoms with van der Waals surface area (Å²) in [5, 5.41) is 3.32. The van der Waals surface area contributed by atoms with Crippen molar-refractivity contribution in [2.45, 2.75) is 32.6 Å². The van der Waals surface area contributed by atoms with Crippen molar-refractivity contribution in [2.24, 2.45) is 0 Å². The van der Waals surface area contributed by atoms with Gasteiger partial charge in [-0.05, 0) is 30.7 Å². The van der Waals surface area contributed by atoms with Crippen LogP contribution in [0.5, 0.6) is 0 Å². The Morgan fingerprint density at radius 2 is 1.95 bits per heavy atom. The van der Waals surface area contributed by atoms with Gasteiger partial charge in [0, 0.05) is 40.1 Å². The molecule has 5 nitrogen and oxygen atoms in total. The molecule has 1 fully saturated rings. The van der Waals surface area contributed by atoms with Crippen molar-refractivity contribution in [3.63, 3.8) is 0 Å². The maximum atomic E-state index is 5.48. The van der Waals surface area contributed by atoms with Crippen LogP contribution in [0.25, 0.3) is 0 Å². The number of aromatic nitrogens is 1. The zero-order chi connectivity index (χ0) is 14.5. The second-order valence-electron chi connectivity index (χ2n) is 5.22. The summed E-state index contributed by atoms with van der Waals surface area (Å²) in [7, 11) is 3.47. The van der Waals surface area contributed by atoms with E-state index >= 15 is 0 Å². The molecule has 1 aromatic rings. The van der Waals surface area contributed by atoms with Crippen LogP contribution >= 0.6 is 0 Å². The Kier molecular flexibility index (Phi) is 5.34. The van der Waals surface area contributed by atoms with Crippen molar-refractivity contribution in [3.8, 4) is 0 Å². The second kappa shape index (κ2) is 7.02. The van der Waals surface area contributed by atoms with E-state index in [1.165, 1.54) is 11.1 Å². The summed E-state index contributed by atoms with van der Waals surface area (Å²) in [5.74, 6) is 1.03. The highest BCUT2D eigenvalue weighted by Gasteiger charge is 2.34. The van der Waals surface area contributed by atoms with Crippen molar-refractivity contribution in [3.05, 3.63) is 23.4 Å². The van der Waals surface area contributed by atoms with Crippen molar-refractivity contribution < 1.29 is 9.47 Å². The normalized spacial score (nSPS) is 22.5. The number of hydrogen-bond donors (Lipinski definition) is 1. The summed E-state index contributed by atoms with van der Waals surface area (Å²) >= 11 is 0. The molecule has 2 heterocycles. The van der Waals surface area contributed by atoms with E-state index in [2.05, 4.69) is 35.1 Å². The number of nitrogens with one attached hydrogen (secondary N) is 1. The fourth-order valence-corrected chi connectivity index (χ4v) is 2.69. The molecule has 2 rings (SSSR count).